The van der Waals surface area contributed by atoms with Crippen molar-refractivity contribution in [3.63, 3.8) is 0 Å². The third-order valence-corrected chi connectivity index (χ3v) is 2.73. The Balaban J connectivity index is 4.58. The minimum absolute atomic E-state index is 1.07. The molecular formula is C13H22S. The monoisotopic (exact) mass is 210 g/mol. The summed E-state index contributed by atoms with van der Waals surface area (Å²) in [4.78, 5) is 0. The van der Waals surface area contributed by atoms with Gasteiger partial charge in [-0.25, -0.2) is 0 Å². The maximum atomic E-state index is 2.29. The van der Waals surface area contributed by atoms with Crippen LogP contribution in [-0.4, -0.2) is 12.0 Å². The zero-order valence-corrected chi connectivity index (χ0v) is 10.9. The Labute approximate surface area is 93.2 Å². The van der Waals surface area contributed by atoms with Gasteiger partial charge >= 0.3 is 0 Å². The molecule has 0 aliphatic rings. The first kappa shape index (κ1) is 13.6. The standard InChI is InChI=1S/C13H22S/c1-6-7-13(9-8-11(2)3)12(4)10-14-5/h6-8H,9-10H2,1-5H3/b7-6-,13-12-. The molecule has 0 aliphatic carbocycles. The SMILES string of the molecule is C/C=C\C(CC=C(C)C)=C(/C)CSC. The van der Waals surface area contributed by atoms with E-state index in [1.807, 2.05) is 11.8 Å². The summed E-state index contributed by atoms with van der Waals surface area (Å²) >= 11 is 1.89. The molecule has 0 aliphatic heterocycles. The first-order valence-electron chi connectivity index (χ1n) is 5.05. The number of thioether (sulfide) groups is 1. The first-order chi connectivity index (χ1) is 6.61. The summed E-state index contributed by atoms with van der Waals surface area (Å²) in [5, 5.41) is 0. The molecular weight excluding hydrogens is 188 g/mol. The average molecular weight is 210 g/mol. The van der Waals surface area contributed by atoms with E-state index >= 15 is 0 Å². The second-order valence-electron chi connectivity index (χ2n) is 3.72. The van der Waals surface area contributed by atoms with Gasteiger partial charge in [-0.3, -0.25) is 0 Å². The molecule has 0 nitrogen and oxygen atoms in total. The third-order valence-electron chi connectivity index (χ3n) is 2.01. The lowest BCUT2D eigenvalue weighted by Gasteiger charge is -2.05. The second kappa shape index (κ2) is 7.93. The Hall–Kier alpha value is -0.430. The van der Waals surface area contributed by atoms with Crippen LogP contribution in [0.2, 0.25) is 0 Å². The highest BCUT2D eigenvalue weighted by Gasteiger charge is 1.96. The van der Waals surface area contributed by atoms with E-state index in [4.69, 9.17) is 0 Å². The van der Waals surface area contributed by atoms with Crippen LogP contribution in [0.5, 0.6) is 0 Å². The van der Waals surface area contributed by atoms with E-state index in [2.05, 4.69) is 52.2 Å². The molecule has 0 heterocycles. The molecule has 0 aromatic heterocycles. The minimum Gasteiger partial charge on any atom is -0.161 e. The van der Waals surface area contributed by atoms with Crippen molar-refractivity contribution in [1.82, 2.24) is 0 Å². The van der Waals surface area contributed by atoms with Crippen molar-refractivity contribution in [2.45, 2.75) is 34.1 Å². The molecule has 0 atom stereocenters. The van der Waals surface area contributed by atoms with Crippen molar-refractivity contribution in [3.05, 3.63) is 34.9 Å². The van der Waals surface area contributed by atoms with E-state index in [1.54, 1.807) is 0 Å². The molecule has 0 aromatic carbocycles. The summed E-state index contributed by atoms with van der Waals surface area (Å²) in [5.74, 6) is 1.14. The molecule has 1 heteroatoms. The van der Waals surface area contributed by atoms with Gasteiger partial charge in [0.2, 0.25) is 0 Å². The molecule has 0 saturated heterocycles. The quantitative estimate of drug-likeness (QED) is 0.472. The molecule has 0 unspecified atom stereocenters. The topological polar surface area (TPSA) is 0 Å². The predicted molar refractivity (Wildman–Crippen MR) is 69.9 cm³/mol. The minimum atomic E-state index is 1.07. The molecule has 80 valence electrons. The number of allylic oxidation sites excluding steroid dienone is 5. The van der Waals surface area contributed by atoms with Gasteiger partial charge in [0, 0.05) is 5.75 Å². The van der Waals surface area contributed by atoms with Crippen LogP contribution in [0.15, 0.2) is 34.9 Å². The highest BCUT2D eigenvalue weighted by atomic mass is 32.2. The van der Waals surface area contributed by atoms with Gasteiger partial charge in [-0.05, 0) is 45.9 Å². The van der Waals surface area contributed by atoms with Gasteiger partial charge in [0.25, 0.3) is 0 Å². The summed E-state index contributed by atoms with van der Waals surface area (Å²) in [6.45, 7) is 8.61. The van der Waals surface area contributed by atoms with Crippen LogP contribution in [0.4, 0.5) is 0 Å². The zero-order chi connectivity index (χ0) is 11.0. The second-order valence-corrected chi connectivity index (χ2v) is 4.59. The summed E-state index contributed by atoms with van der Waals surface area (Å²) in [6, 6.07) is 0. The fourth-order valence-corrected chi connectivity index (χ4v) is 1.83. The normalized spacial score (nSPS) is 12.9. The molecule has 0 bridgehead atoms. The Morgan fingerprint density at radius 1 is 1.21 bits per heavy atom. The lowest BCUT2D eigenvalue weighted by molar-refractivity contribution is 1.17. The average Bonchev–Trinajstić information content (AvgIpc) is 2.12. The van der Waals surface area contributed by atoms with Crippen LogP contribution in [0.3, 0.4) is 0 Å². The molecule has 0 fully saturated rings. The molecule has 0 spiro atoms. The number of hydrogen-bond donors (Lipinski definition) is 0. The van der Waals surface area contributed by atoms with Gasteiger partial charge in [-0.15, -0.1) is 0 Å². The van der Waals surface area contributed by atoms with Crippen LogP contribution in [0.1, 0.15) is 34.1 Å². The smallest absolute Gasteiger partial charge is 0.0143 e. The lowest BCUT2D eigenvalue weighted by Crippen LogP contribution is -1.88. The third kappa shape index (κ3) is 6.09. The molecule has 0 rings (SSSR count). The molecule has 14 heavy (non-hydrogen) atoms. The Bertz CT molecular complexity index is 240. The van der Waals surface area contributed by atoms with Gasteiger partial charge in [0.05, 0.1) is 0 Å². The van der Waals surface area contributed by atoms with Crippen molar-refractivity contribution >= 4 is 11.8 Å². The van der Waals surface area contributed by atoms with Gasteiger partial charge in [0.1, 0.15) is 0 Å². The fraction of sp³-hybridized carbons (Fsp3) is 0.538. The van der Waals surface area contributed by atoms with Crippen LogP contribution >= 0.6 is 11.8 Å². The summed E-state index contributed by atoms with van der Waals surface area (Å²) in [6.07, 6.45) is 9.86. The number of hydrogen-bond acceptors (Lipinski definition) is 1. The number of rotatable bonds is 5. The Morgan fingerprint density at radius 2 is 1.86 bits per heavy atom. The Morgan fingerprint density at radius 3 is 2.29 bits per heavy atom. The van der Waals surface area contributed by atoms with E-state index in [9.17, 15) is 0 Å². The predicted octanol–water partition coefficient (Wildman–Crippen LogP) is 4.60. The van der Waals surface area contributed by atoms with E-state index in [-0.39, 0.29) is 0 Å². The van der Waals surface area contributed by atoms with Crippen LogP contribution in [0.25, 0.3) is 0 Å². The largest absolute Gasteiger partial charge is 0.161 e. The highest BCUT2D eigenvalue weighted by molar-refractivity contribution is 7.98. The van der Waals surface area contributed by atoms with Crippen LogP contribution in [0, 0.1) is 0 Å². The van der Waals surface area contributed by atoms with E-state index in [0.29, 0.717) is 0 Å². The highest BCUT2D eigenvalue weighted by Crippen LogP contribution is 2.15. The van der Waals surface area contributed by atoms with E-state index in [1.165, 1.54) is 16.7 Å². The maximum Gasteiger partial charge on any atom is 0.0143 e. The van der Waals surface area contributed by atoms with Crippen molar-refractivity contribution in [3.8, 4) is 0 Å². The van der Waals surface area contributed by atoms with Crippen molar-refractivity contribution in [2.24, 2.45) is 0 Å². The summed E-state index contributed by atoms with van der Waals surface area (Å²) in [5.41, 5.74) is 4.35. The van der Waals surface area contributed by atoms with Gasteiger partial charge in [0.15, 0.2) is 0 Å². The van der Waals surface area contributed by atoms with Crippen LogP contribution in [-0.2, 0) is 0 Å². The zero-order valence-electron chi connectivity index (χ0n) is 10.1. The van der Waals surface area contributed by atoms with E-state index in [0.717, 1.165) is 12.2 Å². The van der Waals surface area contributed by atoms with Crippen LogP contribution < -0.4 is 0 Å². The van der Waals surface area contributed by atoms with Crippen molar-refractivity contribution in [1.29, 1.82) is 0 Å². The van der Waals surface area contributed by atoms with Crippen molar-refractivity contribution < 1.29 is 0 Å². The van der Waals surface area contributed by atoms with Crippen molar-refractivity contribution in [2.75, 3.05) is 12.0 Å². The first-order valence-corrected chi connectivity index (χ1v) is 6.44. The molecule has 0 aromatic rings. The summed E-state index contributed by atoms with van der Waals surface area (Å²) < 4.78 is 0. The van der Waals surface area contributed by atoms with Gasteiger partial charge in [-0.2, -0.15) is 11.8 Å². The van der Waals surface area contributed by atoms with Gasteiger partial charge < -0.3 is 0 Å². The fourth-order valence-electron chi connectivity index (χ4n) is 1.21. The van der Waals surface area contributed by atoms with Gasteiger partial charge in [-0.1, -0.05) is 29.4 Å². The van der Waals surface area contributed by atoms with E-state index < -0.39 is 0 Å². The maximum absolute atomic E-state index is 2.29. The summed E-state index contributed by atoms with van der Waals surface area (Å²) in [7, 11) is 0. The molecule has 0 N–H and O–H groups in total. The molecule has 0 radical (unpaired) electrons. The molecule has 0 amide bonds. The lowest BCUT2D eigenvalue weighted by atomic mass is 10.1. The molecule has 0 saturated carbocycles. The Kier molecular flexibility index (Phi) is 7.68.